The molecule has 0 unspecified atom stereocenters. The van der Waals surface area contributed by atoms with Crippen LogP contribution in [0.5, 0.6) is 5.75 Å². The number of rotatable bonds is 5. The van der Waals surface area contributed by atoms with Crippen molar-refractivity contribution in [3.63, 3.8) is 0 Å². The highest BCUT2D eigenvalue weighted by atomic mass is 16.5. The number of methoxy groups -OCH3 is 1. The molecule has 2 heterocycles. The molecule has 0 aliphatic carbocycles. The van der Waals surface area contributed by atoms with Crippen LogP contribution in [0.2, 0.25) is 0 Å². The molecule has 7 nitrogen and oxygen atoms in total. The van der Waals surface area contributed by atoms with Crippen LogP contribution >= 0.6 is 0 Å². The second-order valence-corrected chi connectivity index (χ2v) is 7.32. The quantitative estimate of drug-likeness (QED) is 0.774. The van der Waals surface area contributed by atoms with Gasteiger partial charge in [-0.2, -0.15) is 0 Å². The monoisotopic (exact) mass is 405 g/mol. The lowest BCUT2D eigenvalue weighted by Crippen LogP contribution is -2.34. The van der Waals surface area contributed by atoms with Crippen LogP contribution in [0.3, 0.4) is 0 Å². The van der Waals surface area contributed by atoms with Gasteiger partial charge in [0, 0.05) is 25.7 Å². The molecule has 0 atom stereocenters. The molecule has 1 saturated heterocycles. The summed E-state index contributed by atoms with van der Waals surface area (Å²) in [5.74, 6) is -0.167. The van der Waals surface area contributed by atoms with Gasteiger partial charge >= 0.3 is 0 Å². The van der Waals surface area contributed by atoms with Crippen LogP contribution in [0.1, 0.15) is 25.3 Å². The summed E-state index contributed by atoms with van der Waals surface area (Å²) >= 11 is 0. The molecule has 0 bridgehead atoms. The van der Waals surface area contributed by atoms with Crippen molar-refractivity contribution in [1.29, 1.82) is 0 Å². The lowest BCUT2D eigenvalue weighted by atomic mass is 10.0. The predicted octanol–water partition coefficient (Wildman–Crippen LogP) is 3.03. The molecule has 2 aliphatic rings. The zero-order chi connectivity index (χ0) is 21.3. The normalized spacial score (nSPS) is 16.5. The molecule has 0 aromatic heterocycles. The van der Waals surface area contributed by atoms with Gasteiger partial charge in [-0.15, -0.1) is 0 Å². The van der Waals surface area contributed by atoms with Gasteiger partial charge in [0.05, 0.1) is 18.4 Å². The maximum Gasteiger partial charge on any atom is 0.282 e. The molecule has 0 spiro atoms. The van der Waals surface area contributed by atoms with Crippen LogP contribution < -0.4 is 15.0 Å². The highest BCUT2D eigenvalue weighted by Gasteiger charge is 2.42. The Balaban J connectivity index is 1.73. The van der Waals surface area contributed by atoms with Gasteiger partial charge < -0.3 is 15.0 Å². The van der Waals surface area contributed by atoms with Crippen molar-refractivity contribution in [3.05, 3.63) is 59.8 Å². The number of hydrogen-bond donors (Lipinski definition) is 1. The second-order valence-electron chi connectivity index (χ2n) is 7.32. The Morgan fingerprint density at radius 3 is 2.13 bits per heavy atom. The Morgan fingerprint density at radius 2 is 1.57 bits per heavy atom. The van der Waals surface area contributed by atoms with E-state index in [9.17, 15) is 14.4 Å². The second kappa shape index (κ2) is 8.02. The van der Waals surface area contributed by atoms with E-state index in [-0.39, 0.29) is 17.7 Å². The van der Waals surface area contributed by atoms with Gasteiger partial charge in [-0.25, -0.2) is 4.90 Å². The van der Waals surface area contributed by atoms with Gasteiger partial charge in [0.2, 0.25) is 5.91 Å². The minimum atomic E-state index is -0.348. The molecule has 3 amide bonds. The van der Waals surface area contributed by atoms with Crippen molar-refractivity contribution >= 4 is 34.7 Å². The third-order valence-corrected chi connectivity index (χ3v) is 5.31. The molecule has 0 saturated carbocycles. The molecule has 2 aliphatic heterocycles. The average Bonchev–Trinajstić information content (AvgIpc) is 3.35. The number of anilines is 2. The lowest BCUT2D eigenvalue weighted by molar-refractivity contribution is -0.120. The first-order valence-corrected chi connectivity index (χ1v) is 9.89. The number of imide groups is 1. The maximum atomic E-state index is 13.4. The van der Waals surface area contributed by atoms with Crippen LogP contribution in [0, 0.1) is 0 Å². The van der Waals surface area contributed by atoms with E-state index in [1.807, 2.05) is 4.90 Å². The van der Waals surface area contributed by atoms with Crippen LogP contribution in [0.15, 0.2) is 54.2 Å². The molecule has 1 fully saturated rings. The number of likely N-dealkylation sites (tertiary alicyclic amines) is 1. The van der Waals surface area contributed by atoms with Crippen molar-refractivity contribution in [2.75, 3.05) is 30.4 Å². The molecule has 0 radical (unpaired) electrons. The van der Waals surface area contributed by atoms with Gasteiger partial charge in [0.1, 0.15) is 11.4 Å². The fourth-order valence-electron chi connectivity index (χ4n) is 3.90. The van der Waals surface area contributed by atoms with E-state index in [0.717, 1.165) is 25.9 Å². The highest BCUT2D eigenvalue weighted by Crippen LogP contribution is 2.36. The van der Waals surface area contributed by atoms with E-state index < -0.39 is 0 Å². The van der Waals surface area contributed by atoms with Gasteiger partial charge in [0.15, 0.2) is 0 Å². The summed E-state index contributed by atoms with van der Waals surface area (Å²) in [4.78, 5) is 41.3. The first kappa shape index (κ1) is 19.7. The molecule has 154 valence electrons. The van der Waals surface area contributed by atoms with Gasteiger partial charge in [0.25, 0.3) is 11.8 Å². The number of ether oxygens (including phenoxy) is 1. The number of carbonyl (C=O) groups excluding carboxylic acids is 3. The standard InChI is InChI=1S/C23H23N3O4/c1-15(27)24-17-7-9-18(10-8-17)26-22(28)20(16-5-11-19(30-2)12-6-16)21(23(26)29)25-13-3-4-14-25/h5-12H,3-4,13-14H2,1-2H3,(H,24,27). The van der Waals surface area contributed by atoms with E-state index in [2.05, 4.69) is 5.32 Å². The summed E-state index contributed by atoms with van der Waals surface area (Å²) in [5, 5.41) is 2.69. The van der Waals surface area contributed by atoms with E-state index in [0.29, 0.717) is 34.0 Å². The predicted molar refractivity (Wildman–Crippen MR) is 114 cm³/mol. The molecule has 7 heteroatoms. The van der Waals surface area contributed by atoms with Crippen molar-refractivity contribution in [2.24, 2.45) is 0 Å². The van der Waals surface area contributed by atoms with Crippen molar-refractivity contribution in [3.8, 4) is 5.75 Å². The Morgan fingerprint density at radius 1 is 0.933 bits per heavy atom. The Bertz CT molecular complexity index is 1020. The van der Waals surface area contributed by atoms with Crippen molar-refractivity contribution < 1.29 is 19.1 Å². The number of nitrogens with one attached hydrogen (secondary N) is 1. The number of amides is 3. The van der Waals surface area contributed by atoms with Crippen LogP contribution in [-0.4, -0.2) is 42.8 Å². The van der Waals surface area contributed by atoms with Crippen LogP contribution in [0.25, 0.3) is 5.57 Å². The largest absolute Gasteiger partial charge is 0.497 e. The topological polar surface area (TPSA) is 79.0 Å². The molecule has 4 rings (SSSR count). The van der Waals surface area contributed by atoms with E-state index >= 15 is 0 Å². The summed E-state index contributed by atoms with van der Waals surface area (Å²) in [6.07, 6.45) is 1.98. The Kier molecular flexibility index (Phi) is 5.27. The zero-order valence-electron chi connectivity index (χ0n) is 17.0. The molecule has 30 heavy (non-hydrogen) atoms. The number of benzene rings is 2. The summed E-state index contributed by atoms with van der Waals surface area (Å²) < 4.78 is 5.22. The molecule has 2 aromatic carbocycles. The SMILES string of the molecule is COc1ccc(C2=C(N3CCCC3)C(=O)N(c3ccc(NC(C)=O)cc3)C2=O)cc1. The first-order valence-electron chi connectivity index (χ1n) is 9.89. The van der Waals surface area contributed by atoms with Gasteiger partial charge in [-0.1, -0.05) is 12.1 Å². The zero-order valence-corrected chi connectivity index (χ0v) is 17.0. The molecule has 1 N–H and O–H groups in total. The fraction of sp³-hybridized carbons (Fsp3) is 0.261. The minimum absolute atomic E-state index is 0.184. The van der Waals surface area contributed by atoms with Crippen LogP contribution in [0.4, 0.5) is 11.4 Å². The summed E-state index contributed by atoms with van der Waals surface area (Å²) in [5.41, 5.74) is 2.63. The fourth-order valence-corrected chi connectivity index (χ4v) is 3.90. The Hall–Kier alpha value is -3.61. The van der Waals surface area contributed by atoms with E-state index in [1.165, 1.54) is 11.8 Å². The average molecular weight is 405 g/mol. The number of nitrogens with zero attached hydrogens (tertiary/aromatic N) is 2. The smallest absolute Gasteiger partial charge is 0.282 e. The maximum absolute atomic E-state index is 13.4. The number of carbonyl (C=O) groups is 3. The van der Waals surface area contributed by atoms with Crippen LogP contribution in [-0.2, 0) is 14.4 Å². The molecular weight excluding hydrogens is 382 g/mol. The minimum Gasteiger partial charge on any atom is -0.497 e. The van der Waals surface area contributed by atoms with Gasteiger partial charge in [-0.3, -0.25) is 14.4 Å². The summed E-state index contributed by atoms with van der Waals surface area (Å²) in [7, 11) is 1.58. The molecular formula is C23H23N3O4. The van der Waals surface area contributed by atoms with E-state index in [1.54, 1.807) is 55.6 Å². The summed E-state index contributed by atoms with van der Waals surface area (Å²) in [6, 6.07) is 13.9. The van der Waals surface area contributed by atoms with Gasteiger partial charge in [-0.05, 0) is 54.8 Å². The lowest BCUT2D eigenvalue weighted by Gasteiger charge is -2.20. The molecule has 2 aromatic rings. The third kappa shape index (κ3) is 3.54. The van der Waals surface area contributed by atoms with Crippen molar-refractivity contribution in [2.45, 2.75) is 19.8 Å². The Labute approximate surface area is 174 Å². The summed E-state index contributed by atoms with van der Waals surface area (Å²) in [6.45, 7) is 2.93. The van der Waals surface area contributed by atoms with Crippen molar-refractivity contribution in [1.82, 2.24) is 4.90 Å². The number of hydrogen-bond acceptors (Lipinski definition) is 5. The first-order chi connectivity index (χ1) is 14.5. The van der Waals surface area contributed by atoms with E-state index in [4.69, 9.17) is 4.74 Å². The highest BCUT2D eigenvalue weighted by molar-refractivity contribution is 6.45. The third-order valence-electron chi connectivity index (χ3n) is 5.31.